The second kappa shape index (κ2) is 1.84. The number of hydrogen-bond acceptors (Lipinski definition) is 2. The van der Waals surface area contributed by atoms with Gasteiger partial charge in [0.2, 0.25) is 0 Å². The van der Waals surface area contributed by atoms with Crippen LogP contribution in [0.5, 0.6) is 0 Å². The van der Waals surface area contributed by atoms with Crippen molar-refractivity contribution >= 4 is 5.78 Å². The first kappa shape index (κ1) is 5.96. The molecule has 0 saturated carbocycles. The molecule has 2 rings (SSSR count). The van der Waals surface area contributed by atoms with Crippen molar-refractivity contribution in [2.75, 3.05) is 6.61 Å². The predicted octanol–water partition coefficient (Wildman–Crippen LogP) is 1.13. The van der Waals surface area contributed by atoms with Crippen molar-refractivity contribution in [3.63, 3.8) is 0 Å². The minimum absolute atomic E-state index is 0.178. The van der Waals surface area contributed by atoms with Crippen molar-refractivity contribution in [3.8, 4) is 0 Å². The number of allylic oxidation sites excluding steroid dienone is 2. The molecule has 1 heterocycles. The minimum atomic E-state index is 0.178. The van der Waals surface area contributed by atoms with Gasteiger partial charge in [-0.1, -0.05) is 6.92 Å². The maximum atomic E-state index is 11.0. The summed E-state index contributed by atoms with van der Waals surface area (Å²) >= 11 is 0. The molecule has 0 aromatic carbocycles. The smallest absolute Gasteiger partial charge is 0.162 e. The summed E-state index contributed by atoms with van der Waals surface area (Å²) in [5, 5.41) is 0. The maximum absolute atomic E-state index is 11.0. The number of ketones is 1. The average Bonchev–Trinajstić information content (AvgIpc) is 2.41. The van der Waals surface area contributed by atoms with Gasteiger partial charge in [0, 0.05) is 17.9 Å². The molecule has 2 aliphatic rings. The fourth-order valence-electron chi connectivity index (χ4n) is 1.67. The Bertz CT molecular complexity index is 205. The van der Waals surface area contributed by atoms with Gasteiger partial charge in [-0.3, -0.25) is 4.79 Å². The molecule has 10 heavy (non-hydrogen) atoms. The highest BCUT2D eigenvalue weighted by Crippen LogP contribution is 2.36. The second-order valence-corrected chi connectivity index (χ2v) is 2.98. The Balaban J connectivity index is 2.30. The topological polar surface area (TPSA) is 26.3 Å². The van der Waals surface area contributed by atoms with Crippen LogP contribution in [0.15, 0.2) is 11.8 Å². The van der Waals surface area contributed by atoms with Gasteiger partial charge < -0.3 is 4.74 Å². The standard InChI is InChI=1S/C8H10O2/c1-5-6-2-3-10-8(6)4-7(5)9/h4-6H,2-3H2,1H3/t5-,6+/m0/s1. The van der Waals surface area contributed by atoms with E-state index in [0.29, 0.717) is 5.92 Å². The summed E-state index contributed by atoms with van der Waals surface area (Å²) in [6.45, 7) is 2.78. The zero-order valence-electron chi connectivity index (χ0n) is 5.96. The SMILES string of the molecule is C[C@@H]1C(=O)C=C2OCC[C@@H]21. The zero-order chi connectivity index (χ0) is 7.14. The quantitative estimate of drug-likeness (QED) is 0.501. The molecule has 2 heteroatoms. The summed E-state index contributed by atoms with van der Waals surface area (Å²) in [4.78, 5) is 11.0. The van der Waals surface area contributed by atoms with Crippen molar-refractivity contribution < 1.29 is 9.53 Å². The number of rotatable bonds is 0. The molecule has 0 spiro atoms. The lowest BCUT2D eigenvalue weighted by molar-refractivity contribution is -0.117. The van der Waals surface area contributed by atoms with E-state index in [1.807, 2.05) is 6.92 Å². The zero-order valence-corrected chi connectivity index (χ0v) is 5.96. The first-order valence-corrected chi connectivity index (χ1v) is 3.67. The monoisotopic (exact) mass is 138 g/mol. The van der Waals surface area contributed by atoms with Crippen LogP contribution in [0, 0.1) is 11.8 Å². The van der Waals surface area contributed by atoms with Crippen molar-refractivity contribution in [2.45, 2.75) is 13.3 Å². The Morgan fingerprint density at radius 1 is 1.70 bits per heavy atom. The lowest BCUT2D eigenvalue weighted by atomic mass is 9.95. The molecule has 0 N–H and O–H groups in total. The number of carbonyl (C=O) groups is 1. The van der Waals surface area contributed by atoms with Gasteiger partial charge in [-0.25, -0.2) is 0 Å². The van der Waals surface area contributed by atoms with Crippen LogP contribution in [0.25, 0.3) is 0 Å². The van der Waals surface area contributed by atoms with Gasteiger partial charge in [0.05, 0.1) is 6.61 Å². The highest BCUT2D eigenvalue weighted by Gasteiger charge is 2.37. The van der Waals surface area contributed by atoms with Crippen LogP contribution in [-0.4, -0.2) is 12.4 Å². The van der Waals surface area contributed by atoms with Crippen molar-refractivity contribution in [1.29, 1.82) is 0 Å². The molecular formula is C8H10O2. The van der Waals surface area contributed by atoms with Gasteiger partial charge in [0.15, 0.2) is 5.78 Å². The van der Waals surface area contributed by atoms with Crippen LogP contribution in [0.2, 0.25) is 0 Å². The largest absolute Gasteiger partial charge is 0.497 e. The van der Waals surface area contributed by atoms with E-state index in [0.717, 1.165) is 18.8 Å². The Hall–Kier alpha value is -0.790. The van der Waals surface area contributed by atoms with Crippen LogP contribution in [0.1, 0.15) is 13.3 Å². The average molecular weight is 138 g/mol. The molecule has 0 radical (unpaired) electrons. The first-order valence-electron chi connectivity index (χ1n) is 3.67. The van der Waals surface area contributed by atoms with Gasteiger partial charge in [0.25, 0.3) is 0 Å². The summed E-state index contributed by atoms with van der Waals surface area (Å²) < 4.78 is 5.26. The molecule has 2 nitrogen and oxygen atoms in total. The van der Waals surface area contributed by atoms with Gasteiger partial charge in [-0.2, -0.15) is 0 Å². The third kappa shape index (κ3) is 0.618. The molecule has 1 aliphatic carbocycles. The molecule has 54 valence electrons. The molecule has 0 aromatic heterocycles. The highest BCUT2D eigenvalue weighted by molar-refractivity contribution is 5.95. The Kier molecular flexibility index (Phi) is 1.10. The van der Waals surface area contributed by atoms with Crippen LogP contribution < -0.4 is 0 Å². The molecule has 2 atom stereocenters. The Morgan fingerprint density at radius 2 is 2.50 bits per heavy atom. The third-order valence-corrected chi connectivity index (χ3v) is 2.40. The minimum Gasteiger partial charge on any atom is -0.497 e. The molecule has 1 saturated heterocycles. The first-order chi connectivity index (χ1) is 4.79. The van der Waals surface area contributed by atoms with E-state index in [-0.39, 0.29) is 11.7 Å². The van der Waals surface area contributed by atoms with E-state index in [1.165, 1.54) is 0 Å². The number of carbonyl (C=O) groups excluding carboxylic acids is 1. The van der Waals surface area contributed by atoms with E-state index < -0.39 is 0 Å². The van der Waals surface area contributed by atoms with Gasteiger partial charge in [0.1, 0.15) is 5.76 Å². The molecular weight excluding hydrogens is 128 g/mol. The molecule has 0 bridgehead atoms. The highest BCUT2D eigenvalue weighted by atomic mass is 16.5. The third-order valence-electron chi connectivity index (χ3n) is 2.40. The summed E-state index contributed by atoms with van der Waals surface area (Å²) in [5.74, 6) is 1.75. The van der Waals surface area contributed by atoms with Gasteiger partial charge >= 0.3 is 0 Å². The van der Waals surface area contributed by atoms with E-state index in [2.05, 4.69) is 0 Å². The van der Waals surface area contributed by atoms with E-state index in [4.69, 9.17) is 4.74 Å². The normalized spacial score (nSPS) is 37.3. The summed E-state index contributed by atoms with van der Waals surface area (Å²) in [7, 11) is 0. The molecule has 0 amide bonds. The lowest BCUT2D eigenvalue weighted by Gasteiger charge is -2.06. The summed E-state index contributed by atoms with van der Waals surface area (Å²) in [6, 6.07) is 0. The lowest BCUT2D eigenvalue weighted by Crippen LogP contribution is -2.10. The van der Waals surface area contributed by atoms with Gasteiger partial charge in [-0.05, 0) is 6.42 Å². The maximum Gasteiger partial charge on any atom is 0.162 e. The van der Waals surface area contributed by atoms with E-state index >= 15 is 0 Å². The fraction of sp³-hybridized carbons (Fsp3) is 0.625. The molecule has 0 unspecified atom stereocenters. The van der Waals surface area contributed by atoms with Crippen LogP contribution in [0.3, 0.4) is 0 Å². The van der Waals surface area contributed by atoms with Gasteiger partial charge in [-0.15, -0.1) is 0 Å². The number of ether oxygens (including phenoxy) is 1. The Labute approximate surface area is 59.9 Å². The van der Waals surface area contributed by atoms with E-state index in [9.17, 15) is 4.79 Å². The Morgan fingerprint density at radius 3 is 3.20 bits per heavy atom. The predicted molar refractivity (Wildman–Crippen MR) is 36.3 cm³/mol. The van der Waals surface area contributed by atoms with E-state index in [1.54, 1.807) is 6.08 Å². The molecule has 1 aliphatic heterocycles. The molecule has 1 fully saturated rings. The van der Waals surface area contributed by atoms with Crippen LogP contribution in [-0.2, 0) is 9.53 Å². The van der Waals surface area contributed by atoms with Crippen molar-refractivity contribution in [2.24, 2.45) is 11.8 Å². The summed E-state index contributed by atoms with van der Waals surface area (Å²) in [6.07, 6.45) is 2.68. The number of hydrogen-bond donors (Lipinski definition) is 0. The molecule has 0 aromatic rings. The summed E-state index contributed by atoms with van der Waals surface area (Å²) in [5.41, 5.74) is 0. The van der Waals surface area contributed by atoms with Crippen molar-refractivity contribution in [1.82, 2.24) is 0 Å². The number of fused-ring (bicyclic) bond motifs is 1. The van der Waals surface area contributed by atoms with Crippen molar-refractivity contribution in [3.05, 3.63) is 11.8 Å². The second-order valence-electron chi connectivity index (χ2n) is 2.98. The van der Waals surface area contributed by atoms with Crippen LogP contribution in [0.4, 0.5) is 0 Å². The fourth-order valence-corrected chi connectivity index (χ4v) is 1.67. The van der Waals surface area contributed by atoms with Crippen LogP contribution >= 0.6 is 0 Å².